The monoisotopic (exact) mass is 240 g/mol. The number of anilines is 2. The van der Waals surface area contributed by atoms with Crippen molar-refractivity contribution in [1.82, 2.24) is 0 Å². The second-order valence-corrected chi connectivity index (χ2v) is 4.07. The lowest BCUT2D eigenvalue weighted by Gasteiger charge is -2.08. The molecule has 0 spiro atoms. The summed E-state index contributed by atoms with van der Waals surface area (Å²) in [6.07, 6.45) is 0. The molecule has 0 aliphatic carbocycles. The van der Waals surface area contributed by atoms with Crippen molar-refractivity contribution in [3.63, 3.8) is 0 Å². The molecule has 0 amide bonds. The molecule has 4 nitrogen and oxygen atoms in total. The minimum absolute atomic E-state index is 0.528. The van der Waals surface area contributed by atoms with Crippen LogP contribution >= 0.6 is 0 Å². The summed E-state index contributed by atoms with van der Waals surface area (Å²) >= 11 is 0. The summed E-state index contributed by atoms with van der Waals surface area (Å²) in [5, 5.41) is 0. The lowest BCUT2D eigenvalue weighted by molar-refractivity contribution is 1.45. The number of rotatable bonds is 2. The fraction of sp³-hybridized carbons (Fsp3) is 0. The first-order valence-corrected chi connectivity index (χ1v) is 5.55. The second kappa shape index (κ2) is 4.71. The summed E-state index contributed by atoms with van der Waals surface area (Å²) in [6, 6.07) is 14.5. The van der Waals surface area contributed by atoms with E-state index < -0.39 is 0 Å². The number of benzene rings is 2. The molecule has 18 heavy (non-hydrogen) atoms. The number of hydrogen-bond acceptors (Lipinski definition) is 4. The third-order valence-electron chi connectivity index (χ3n) is 2.73. The van der Waals surface area contributed by atoms with Gasteiger partial charge in [0.05, 0.1) is 11.4 Å². The molecule has 0 aliphatic rings. The summed E-state index contributed by atoms with van der Waals surface area (Å²) in [6.45, 7) is 0. The van der Waals surface area contributed by atoms with Gasteiger partial charge in [-0.25, -0.2) is 0 Å². The van der Waals surface area contributed by atoms with Crippen LogP contribution in [0.1, 0.15) is 11.1 Å². The van der Waals surface area contributed by atoms with Crippen LogP contribution in [0.5, 0.6) is 0 Å². The maximum Gasteiger partial charge on any atom is 0.0627 e. The summed E-state index contributed by atoms with van der Waals surface area (Å²) in [4.78, 5) is 0. The van der Waals surface area contributed by atoms with E-state index in [0.29, 0.717) is 22.8 Å². The Labute approximate surface area is 106 Å². The summed E-state index contributed by atoms with van der Waals surface area (Å²) < 4.78 is 0. The van der Waals surface area contributed by atoms with Gasteiger partial charge in [-0.15, -0.1) is 0 Å². The van der Waals surface area contributed by atoms with Gasteiger partial charge in [0.2, 0.25) is 0 Å². The highest BCUT2D eigenvalue weighted by molar-refractivity contribution is 5.87. The Kier molecular flexibility index (Phi) is 3.10. The molecule has 0 unspecified atom stereocenters. The average Bonchev–Trinajstić information content (AvgIpc) is 2.39. The molecule has 92 valence electrons. The van der Waals surface area contributed by atoms with E-state index in [1.54, 1.807) is 24.3 Å². The van der Waals surface area contributed by atoms with E-state index in [-0.39, 0.29) is 0 Å². The zero-order chi connectivity index (χ0) is 13.1. The molecular formula is C14H16N4. The fourth-order valence-electron chi connectivity index (χ4n) is 1.64. The summed E-state index contributed by atoms with van der Waals surface area (Å²) in [7, 11) is 0. The van der Waals surface area contributed by atoms with E-state index in [4.69, 9.17) is 22.9 Å². The molecular weight excluding hydrogens is 224 g/mol. The number of nitrogens with two attached hydrogens (primary N) is 4. The maximum atomic E-state index is 6.04. The van der Waals surface area contributed by atoms with Crippen molar-refractivity contribution >= 4 is 22.8 Å². The van der Waals surface area contributed by atoms with Crippen molar-refractivity contribution in [1.29, 1.82) is 0 Å². The van der Waals surface area contributed by atoms with Gasteiger partial charge in [0.25, 0.3) is 0 Å². The smallest absolute Gasteiger partial charge is 0.0627 e. The number of nitrogen functional groups attached to an aromatic ring is 2. The average molecular weight is 240 g/mol. The number of hydrogen-bond donors (Lipinski definition) is 4. The van der Waals surface area contributed by atoms with Gasteiger partial charge in [-0.1, -0.05) is 24.3 Å². The second-order valence-electron chi connectivity index (χ2n) is 4.07. The molecule has 2 aromatic carbocycles. The molecule has 2 rings (SSSR count). The molecule has 0 saturated carbocycles. The van der Waals surface area contributed by atoms with E-state index in [2.05, 4.69) is 0 Å². The van der Waals surface area contributed by atoms with Crippen LogP contribution in [0.15, 0.2) is 48.5 Å². The first-order valence-electron chi connectivity index (χ1n) is 5.55. The Morgan fingerprint density at radius 1 is 0.556 bits per heavy atom. The predicted molar refractivity (Wildman–Crippen MR) is 76.9 cm³/mol. The highest BCUT2D eigenvalue weighted by Gasteiger charge is 2.04. The van der Waals surface area contributed by atoms with Crippen molar-refractivity contribution in [2.45, 2.75) is 0 Å². The normalized spacial score (nSPS) is 12.0. The van der Waals surface area contributed by atoms with Crippen molar-refractivity contribution in [3.8, 4) is 0 Å². The van der Waals surface area contributed by atoms with Crippen LogP contribution < -0.4 is 22.9 Å². The Morgan fingerprint density at radius 2 is 0.833 bits per heavy atom. The largest absolute Gasteiger partial charge is 0.399 e. The molecule has 0 radical (unpaired) electrons. The molecule has 0 bridgehead atoms. The van der Waals surface area contributed by atoms with Crippen LogP contribution in [0, 0.1) is 0 Å². The Hall–Kier alpha value is -2.62. The van der Waals surface area contributed by atoms with Gasteiger partial charge < -0.3 is 22.9 Å². The van der Waals surface area contributed by atoms with Crippen molar-refractivity contribution < 1.29 is 0 Å². The molecule has 0 saturated heterocycles. The lowest BCUT2D eigenvalue weighted by Crippen LogP contribution is -2.08. The zero-order valence-corrected chi connectivity index (χ0v) is 9.93. The van der Waals surface area contributed by atoms with Crippen LogP contribution in [0.4, 0.5) is 11.4 Å². The molecule has 2 aromatic rings. The highest BCUT2D eigenvalue weighted by atomic mass is 14.7. The topological polar surface area (TPSA) is 104 Å². The summed E-state index contributed by atoms with van der Waals surface area (Å²) in [5.41, 5.74) is 27.5. The minimum Gasteiger partial charge on any atom is -0.399 e. The van der Waals surface area contributed by atoms with Crippen LogP contribution in [0.2, 0.25) is 0 Å². The first-order chi connectivity index (χ1) is 8.58. The van der Waals surface area contributed by atoms with Crippen molar-refractivity contribution in [3.05, 3.63) is 59.7 Å². The summed E-state index contributed by atoms with van der Waals surface area (Å²) in [5.74, 6) is 0. The quantitative estimate of drug-likeness (QED) is 0.472. The van der Waals surface area contributed by atoms with Gasteiger partial charge in [0.1, 0.15) is 0 Å². The molecule has 0 aromatic heterocycles. The molecule has 0 aliphatic heterocycles. The fourth-order valence-corrected chi connectivity index (χ4v) is 1.64. The molecule has 0 atom stereocenters. The van der Waals surface area contributed by atoms with Gasteiger partial charge in [-0.05, 0) is 35.4 Å². The van der Waals surface area contributed by atoms with Crippen molar-refractivity contribution in [2.24, 2.45) is 11.5 Å². The predicted octanol–water partition coefficient (Wildman–Crippen LogP) is 1.59. The Bertz CT molecular complexity index is 514. The first kappa shape index (κ1) is 11.9. The van der Waals surface area contributed by atoms with E-state index in [9.17, 15) is 0 Å². The molecule has 0 heterocycles. The maximum absolute atomic E-state index is 6.04. The Morgan fingerprint density at radius 3 is 1.11 bits per heavy atom. The van der Waals surface area contributed by atoms with Crippen LogP contribution in [-0.2, 0) is 0 Å². The van der Waals surface area contributed by atoms with E-state index in [1.807, 2.05) is 24.3 Å². The third kappa shape index (κ3) is 2.38. The van der Waals surface area contributed by atoms with Crippen LogP contribution in [0.3, 0.4) is 0 Å². The Balaban J connectivity index is 2.40. The highest BCUT2D eigenvalue weighted by Crippen LogP contribution is 2.20. The molecule has 4 heteroatoms. The van der Waals surface area contributed by atoms with Gasteiger partial charge in [0, 0.05) is 11.4 Å². The molecule has 8 N–H and O–H groups in total. The van der Waals surface area contributed by atoms with Gasteiger partial charge in [0.15, 0.2) is 0 Å². The van der Waals surface area contributed by atoms with Gasteiger partial charge in [-0.3, -0.25) is 0 Å². The molecule has 0 fully saturated rings. The van der Waals surface area contributed by atoms with E-state index in [1.165, 1.54) is 0 Å². The van der Waals surface area contributed by atoms with E-state index in [0.717, 1.165) is 11.1 Å². The van der Waals surface area contributed by atoms with Crippen LogP contribution in [-0.4, -0.2) is 0 Å². The van der Waals surface area contributed by atoms with Gasteiger partial charge >= 0.3 is 0 Å². The van der Waals surface area contributed by atoms with Crippen LogP contribution in [0.25, 0.3) is 11.4 Å². The SMILES string of the molecule is N/C(=C(/N)c1ccc(N)cc1)c1ccc(N)cc1. The van der Waals surface area contributed by atoms with Crippen molar-refractivity contribution in [2.75, 3.05) is 11.5 Å². The van der Waals surface area contributed by atoms with Gasteiger partial charge in [-0.2, -0.15) is 0 Å². The standard InChI is InChI=1S/C14H16N4/c15-11-5-1-9(2-6-11)13(17)14(18)10-3-7-12(16)8-4-10/h1-8H,15-18H2/b14-13+. The zero-order valence-electron chi connectivity index (χ0n) is 9.93. The lowest BCUT2D eigenvalue weighted by atomic mass is 10.1. The third-order valence-corrected chi connectivity index (χ3v) is 2.73. The van der Waals surface area contributed by atoms with E-state index >= 15 is 0 Å². The minimum atomic E-state index is 0.528.